The molecule has 2 unspecified atom stereocenters. The van der Waals surface area contributed by atoms with Gasteiger partial charge in [-0.25, -0.2) is 8.78 Å². The largest absolute Gasteiger partial charge is 0.508 e. The van der Waals surface area contributed by atoms with E-state index in [0.29, 0.717) is 47.8 Å². The van der Waals surface area contributed by atoms with E-state index in [1.807, 2.05) is 64.2 Å². The Bertz CT molecular complexity index is 3500. The fourth-order valence-corrected chi connectivity index (χ4v) is 12.8. The van der Waals surface area contributed by atoms with Crippen LogP contribution >= 0.6 is 0 Å². The molecular formula is C59H64F2N12O6. The number of ether oxygens (including phenoxy) is 1. The Morgan fingerprint density at radius 2 is 1.75 bits per heavy atom. The third kappa shape index (κ3) is 9.86. The van der Waals surface area contributed by atoms with Crippen LogP contribution < -0.4 is 25.2 Å². The predicted molar refractivity (Wildman–Crippen MR) is 293 cm³/mol. The molecule has 18 nitrogen and oxygen atoms in total. The number of hydrogen-bond donors (Lipinski definition) is 4. The Kier molecular flexibility index (Phi) is 13.7. The van der Waals surface area contributed by atoms with Crippen LogP contribution in [0.2, 0.25) is 0 Å². The number of anilines is 2. The molecule has 7 aromatic rings. The fraction of sp³-hybridized carbons (Fsp3) is 0.441. The van der Waals surface area contributed by atoms with Crippen molar-refractivity contribution in [2.45, 2.75) is 89.1 Å². The number of nitrogens with zero attached hydrogens (tertiary/aromatic N) is 10. The van der Waals surface area contributed by atoms with E-state index >= 15 is 8.78 Å². The topological polar surface area (TPSA) is 203 Å². The van der Waals surface area contributed by atoms with Crippen LogP contribution in [0.15, 0.2) is 77.6 Å². The number of aliphatic hydroxyl groups is 1. The van der Waals surface area contributed by atoms with Gasteiger partial charge in [0.15, 0.2) is 17.4 Å². The summed E-state index contributed by atoms with van der Waals surface area (Å²) in [6.07, 6.45) is 12.3. The average molecular weight is 1080 g/mol. The van der Waals surface area contributed by atoms with E-state index < -0.39 is 29.7 Å². The lowest BCUT2D eigenvalue weighted by atomic mass is 9.72. The van der Waals surface area contributed by atoms with Gasteiger partial charge in [-0.1, -0.05) is 55.3 Å². The van der Waals surface area contributed by atoms with Crippen molar-refractivity contribution >= 4 is 45.1 Å². The van der Waals surface area contributed by atoms with Gasteiger partial charge in [0.1, 0.15) is 47.2 Å². The quantitative estimate of drug-likeness (QED) is 0.0838. The number of aromatic nitrogens is 6. The van der Waals surface area contributed by atoms with Crippen LogP contribution in [-0.4, -0.2) is 145 Å². The number of aryl methyl sites for hydroxylation is 1. The smallest absolute Gasteiger partial charge is 0.319 e. The van der Waals surface area contributed by atoms with Crippen LogP contribution in [0, 0.1) is 35.3 Å². The Balaban J connectivity index is 0.679. The number of benzene rings is 3. The number of phenols is 1. The number of amides is 2. The van der Waals surface area contributed by atoms with Gasteiger partial charge in [0.05, 0.1) is 28.8 Å². The van der Waals surface area contributed by atoms with Crippen molar-refractivity contribution < 1.29 is 37.8 Å². The highest BCUT2D eigenvalue weighted by Gasteiger charge is 2.47. The molecule has 2 amide bonds. The minimum atomic E-state index is -0.845. The number of carbonyl (C=O) groups excluding carboxylic acids is 2. The van der Waals surface area contributed by atoms with Gasteiger partial charge in [0, 0.05) is 99.6 Å². The highest BCUT2D eigenvalue weighted by atomic mass is 19.1. The summed E-state index contributed by atoms with van der Waals surface area (Å²) in [5.74, 6) is 0.956. The van der Waals surface area contributed by atoms with Crippen molar-refractivity contribution in [3.63, 3.8) is 0 Å². The number of aromatic hydroxyl groups is 1. The fourth-order valence-electron chi connectivity index (χ4n) is 12.8. The van der Waals surface area contributed by atoms with Crippen molar-refractivity contribution in [1.82, 2.24) is 50.3 Å². The molecule has 0 radical (unpaired) electrons. The maximum Gasteiger partial charge on any atom is 0.319 e. The van der Waals surface area contributed by atoms with E-state index in [-0.39, 0.29) is 100 Å². The van der Waals surface area contributed by atoms with E-state index in [9.17, 15) is 19.8 Å². The van der Waals surface area contributed by atoms with Crippen molar-refractivity contribution in [3.05, 3.63) is 102 Å². The molecule has 5 saturated heterocycles. The van der Waals surface area contributed by atoms with Crippen LogP contribution in [0.3, 0.4) is 0 Å². The highest BCUT2D eigenvalue weighted by molar-refractivity contribution is 6.03. The van der Waals surface area contributed by atoms with Gasteiger partial charge >= 0.3 is 6.01 Å². The lowest BCUT2D eigenvalue weighted by molar-refractivity contribution is -0.141. The Hall–Kier alpha value is -7.73. The molecule has 5 fully saturated rings. The summed E-state index contributed by atoms with van der Waals surface area (Å²) in [5, 5.41) is 38.1. The van der Waals surface area contributed by atoms with Crippen LogP contribution in [0.1, 0.15) is 81.7 Å². The summed E-state index contributed by atoms with van der Waals surface area (Å²) in [6, 6.07) is 16.6. The number of piperidine rings is 1. The number of rotatable bonds is 14. The average Bonchev–Trinajstić information content (AvgIpc) is 4.39. The highest BCUT2D eigenvalue weighted by Crippen LogP contribution is 2.44. The van der Waals surface area contributed by atoms with Gasteiger partial charge in [-0.05, 0) is 92.4 Å². The molecule has 2 bridgehead atoms. The molecule has 9 heterocycles. The van der Waals surface area contributed by atoms with Crippen molar-refractivity contribution in [2.75, 3.05) is 68.8 Å². The zero-order chi connectivity index (χ0) is 54.9. The number of terminal acetylenes is 1. The number of likely N-dealkylation sites (tertiary alicyclic amines) is 2. The molecule has 5 aliphatic heterocycles. The number of pyridine rings is 1. The van der Waals surface area contributed by atoms with Crippen molar-refractivity contribution in [1.29, 1.82) is 0 Å². The molecule has 5 aliphatic rings. The summed E-state index contributed by atoms with van der Waals surface area (Å²) in [5.41, 5.74) is 2.93. The van der Waals surface area contributed by atoms with Crippen molar-refractivity contribution in [2.24, 2.45) is 18.4 Å². The predicted octanol–water partition coefficient (Wildman–Crippen LogP) is 6.70. The van der Waals surface area contributed by atoms with Gasteiger partial charge in [-0.3, -0.25) is 24.2 Å². The normalized spacial score (nSPS) is 21.7. The standard InChI is InChI=1S/C59H64F2N12O6/c1-6-42-45(60)14-11-37-23-40(74)24-43(51(37)42)53-52(61)54-44(27-62-53)55(71-28-38-12-13-39(29-71)65-38)67-58(66-54)78-22-21-70-19-16-59(17-20-70)31-72(32-59)49-26-48(79-68-49)50(33(2)3)57(77)73-30-41(75)25-47(73)56(76)64-34(4)35-7-9-36(10-8-35)46-15-18-63-69(46)5/h1,7-11,14-15,18,23-24,26-27,33-34,38-39,41,47,50,65,74-75H,12-13,16-17,19-22,25,28-32H2,2-5H3,(H,64,76)/t34-,38?,39?,41+,47-,50+/m0/s1. The number of phenolic OH excluding ortho intramolecular Hbond substituents is 1. The van der Waals surface area contributed by atoms with Gasteiger partial charge in [0.2, 0.25) is 11.8 Å². The maximum absolute atomic E-state index is 17.1. The zero-order valence-corrected chi connectivity index (χ0v) is 44.7. The molecular weight excluding hydrogens is 1010 g/mol. The second-order valence-electron chi connectivity index (χ2n) is 22.7. The number of piperazine rings is 1. The van der Waals surface area contributed by atoms with Crippen LogP contribution in [-0.2, 0) is 16.6 Å². The minimum absolute atomic E-state index is 0.00274. The van der Waals surface area contributed by atoms with E-state index in [4.69, 9.17) is 20.7 Å². The Morgan fingerprint density at radius 1 is 0.987 bits per heavy atom. The third-order valence-electron chi connectivity index (χ3n) is 17.0. The summed E-state index contributed by atoms with van der Waals surface area (Å²) in [6.45, 7) is 11.3. The van der Waals surface area contributed by atoms with E-state index in [1.54, 1.807) is 10.9 Å². The van der Waals surface area contributed by atoms with E-state index in [0.717, 1.165) is 68.7 Å². The summed E-state index contributed by atoms with van der Waals surface area (Å²) in [4.78, 5) is 50.5. The third-order valence-corrected chi connectivity index (χ3v) is 17.0. The lowest BCUT2D eigenvalue weighted by Crippen LogP contribution is -2.60. The summed E-state index contributed by atoms with van der Waals surface area (Å²) >= 11 is 0. The molecule has 4 aromatic heterocycles. The van der Waals surface area contributed by atoms with Gasteiger partial charge in [-0.2, -0.15) is 15.1 Å². The number of carbonyl (C=O) groups is 2. The van der Waals surface area contributed by atoms with Crippen LogP contribution in [0.4, 0.5) is 20.4 Å². The molecule has 6 atom stereocenters. The van der Waals surface area contributed by atoms with Crippen LogP contribution in [0.5, 0.6) is 11.8 Å². The first-order valence-electron chi connectivity index (χ1n) is 27.4. The molecule has 4 N–H and O–H groups in total. The number of halogens is 2. The first-order chi connectivity index (χ1) is 38.1. The van der Waals surface area contributed by atoms with Gasteiger partial charge in [-0.15, -0.1) is 6.42 Å². The first kappa shape index (κ1) is 52.0. The number of nitrogens with one attached hydrogen (secondary N) is 2. The molecule has 0 saturated carbocycles. The lowest BCUT2D eigenvalue weighted by Gasteiger charge is -2.54. The number of aliphatic hydroxyl groups excluding tert-OH is 1. The molecule has 3 aromatic carbocycles. The molecule has 20 heteroatoms. The number of hydrogen-bond acceptors (Lipinski definition) is 15. The van der Waals surface area contributed by atoms with E-state index in [2.05, 4.69) is 51.5 Å². The van der Waals surface area contributed by atoms with Crippen LogP contribution in [0.25, 0.3) is 44.2 Å². The van der Waals surface area contributed by atoms with E-state index in [1.165, 1.54) is 35.4 Å². The van der Waals surface area contributed by atoms with Gasteiger partial charge in [0.25, 0.3) is 0 Å². The summed E-state index contributed by atoms with van der Waals surface area (Å²) < 4.78 is 46.2. The van der Waals surface area contributed by atoms with Gasteiger partial charge < -0.3 is 44.8 Å². The zero-order valence-electron chi connectivity index (χ0n) is 44.7. The molecule has 1 spiro atoms. The Morgan fingerprint density at radius 3 is 2.46 bits per heavy atom. The maximum atomic E-state index is 17.1. The molecule has 79 heavy (non-hydrogen) atoms. The monoisotopic (exact) mass is 1070 g/mol. The SMILES string of the molecule is C#Cc1c(F)ccc2cc(O)cc(-c3ncc4c(N5CC6CCC(C5)N6)nc(OCCN5CCC6(CC5)CN(c5cc([C@H](C(=O)N7C[C@H](O)C[C@H]7C(=O)N[C@@H](C)c7ccc(-c8ccnn8C)cc7)C(C)C)on5)C6)nc4c3F)c12. The molecule has 0 aliphatic carbocycles. The second kappa shape index (κ2) is 20.8. The number of fused-ring (bicyclic) bond motifs is 4. The molecule has 410 valence electrons. The second-order valence-corrected chi connectivity index (χ2v) is 22.7. The first-order valence-corrected chi connectivity index (χ1v) is 27.4. The summed E-state index contributed by atoms with van der Waals surface area (Å²) in [7, 11) is 1.89. The number of β-amino-alcohol motifs (C(OH)–C–C–N with tert-alkyl or cyclic N) is 1. The Labute approximate surface area is 456 Å². The molecule has 12 rings (SSSR count). The van der Waals surface area contributed by atoms with Crippen molar-refractivity contribution in [3.8, 4) is 46.6 Å². The minimum Gasteiger partial charge on any atom is -0.508 e.